The zero-order valence-corrected chi connectivity index (χ0v) is 16.6. The smallest absolute Gasteiger partial charge is 0.255 e. The number of allylic oxidation sites excluding steroid dienone is 1. The van der Waals surface area contributed by atoms with E-state index in [1.54, 1.807) is 25.0 Å². The van der Waals surface area contributed by atoms with Crippen LogP contribution in [-0.4, -0.2) is 47.6 Å². The van der Waals surface area contributed by atoms with E-state index in [2.05, 4.69) is 11.9 Å². The van der Waals surface area contributed by atoms with Crippen molar-refractivity contribution in [1.29, 1.82) is 0 Å². The molecular formula is C19H21ClN3O2S+. The van der Waals surface area contributed by atoms with Crippen molar-refractivity contribution in [3.8, 4) is 0 Å². The summed E-state index contributed by atoms with van der Waals surface area (Å²) in [5.41, 5.74) is 2.16. The van der Waals surface area contributed by atoms with Gasteiger partial charge in [0, 0.05) is 15.7 Å². The molecule has 136 valence electrons. The maximum atomic E-state index is 12.9. The molecule has 0 radical (unpaired) electrons. The van der Waals surface area contributed by atoms with Crippen molar-refractivity contribution in [1.82, 2.24) is 4.90 Å². The number of aliphatic imine (C=N–C) groups is 1. The van der Waals surface area contributed by atoms with Crippen LogP contribution in [0.15, 0.2) is 39.7 Å². The molecule has 0 saturated carbocycles. The van der Waals surface area contributed by atoms with Gasteiger partial charge in [0.25, 0.3) is 5.84 Å². The number of hydrogen-bond donors (Lipinski definition) is 0. The lowest BCUT2D eigenvalue weighted by Crippen LogP contribution is -2.52. The minimum atomic E-state index is -0.515. The van der Waals surface area contributed by atoms with Gasteiger partial charge in [0.2, 0.25) is 0 Å². The fourth-order valence-electron chi connectivity index (χ4n) is 3.12. The number of nitrogens with zero attached hydrogens (tertiary/aromatic N) is 3. The summed E-state index contributed by atoms with van der Waals surface area (Å²) in [5, 5.41) is 0.696. The highest BCUT2D eigenvalue weighted by molar-refractivity contribution is 8.02. The molecular weight excluding hydrogens is 370 g/mol. The van der Waals surface area contributed by atoms with E-state index < -0.39 is 5.92 Å². The van der Waals surface area contributed by atoms with Crippen LogP contribution in [0.25, 0.3) is 0 Å². The van der Waals surface area contributed by atoms with Gasteiger partial charge >= 0.3 is 11.9 Å². The lowest BCUT2D eigenvalue weighted by Gasteiger charge is -2.28. The van der Waals surface area contributed by atoms with Crippen molar-refractivity contribution in [2.75, 3.05) is 14.1 Å². The third-order valence-electron chi connectivity index (χ3n) is 4.49. The van der Waals surface area contributed by atoms with Crippen LogP contribution in [-0.2, 0) is 10.5 Å². The van der Waals surface area contributed by atoms with Gasteiger partial charge < -0.3 is 0 Å². The number of carbonyl (C=O) groups is 2. The number of carbonyl (C=O) groups excluding carboxylic acids is 2. The maximum Gasteiger partial charge on any atom is 0.445 e. The highest BCUT2D eigenvalue weighted by Crippen LogP contribution is 2.37. The van der Waals surface area contributed by atoms with Gasteiger partial charge in [-0.25, -0.2) is 4.79 Å². The number of amides is 3. The summed E-state index contributed by atoms with van der Waals surface area (Å²) in [6.07, 6.45) is 3.61. The summed E-state index contributed by atoms with van der Waals surface area (Å²) in [6, 6.07) is 7.37. The van der Waals surface area contributed by atoms with E-state index in [-0.39, 0.29) is 11.9 Å². The Morgan fingerprint density at radius 2 is 2.12 bits per heavy atom. The van der Waals surface area contributed by atoms with Crippen molar-refractivity contribution < 1.29 is 14.2 Å². The Hall–Kier alpha value is -1.92. The molecule has 3 rings (SSSR count). The topological polar surface area (TPSA) is 52.8 Å². The third-order valence-corrected chi connectivity index (χ3v) is 6.01. The zero-order valence-electron chi connectivity index (χ0n) is 15.0. The summed E-state index contributed by atoms with van der Waals surface area (Å²) in [7, 11) is 3.18. The molecule has 0 saturated heterocycles. The van der Waals surface area contributed by atoms with Crippen LogP contribution in [0.2, 0.25) is 5.02 Å². The Morgan fingerprint density at radius 1 is 1.35 bits per heavy atom. The number of thioether (sulfide) groups is 1. The molecule has 5 nitrogen and oxygen atoms in total. The van der Waals surface area contributed by atoms with Crippen molar-refractivity contribution in [3.63, 3.8) is 0 Å². The van der Waals surface area contributed by atoms with E-state index in [0.29, 0.717) is 16.6 Å². The van der Waals surface area contributed by atoms with Gasteiger partial charge in [0.15, 0.2) is 5.92 Å². The summed E-state index contributed by atoms with van der Waals surface area (Å²) >= 11 is 7.71. The van der Waals surface area contributed by atoms with Crippen molar-refractivity contribution in [2.45, 2.75) is 25.5 Å². The second-order valence-corrected chi connectivity index (χ2v) is 7.80. The van der Waals surface area contributed by atoms with Crippen LogP contribution in [0.1, 0.15) is 25.3 Å². The molecule has 1 atom stereocenters. The Kier molecular flexibility index (Phi) is 5.63. The molecule has 0 spiro atoms. The minimum Gasteiger partial charge on any atom is -0.255 e. The van der Waals surface area contributed by atoms with E-state index in [1.807, 2.05) is 24.3 Å². The van der Waals surface area contributed by atoms with Crippen LogP contribution in [0.4, 0.5) is 4.79 Å². The number of rotatable bonds is 5. The van der Waals surface area contributed by atoms with Crippen LogP contribution >= 0.6 is 23.4 Å². The minimum absolute atomic E-state index is 0.220. The molecule has 7 heteroatoms. The van der Waals surface area contributed by atoms with Crippen molar-refractivity contribution in [2.24, 2.45) is 10.9 Å². The molecule has 0 N–H and O–H groups in total. The molecule has 2 aliphatic rings. The quantitative estimate of drug-likeness (QED) is 0.715. The summed E-state index contributed by atoms with van der Waals surface area (Å²) in [5.74, 6) is 0.474. The number of halogens is 1. The molecule has 0 aromatic heterocycles. The maximum absolute atomic E-state index is 12.9. The van der Waals surface area contributed by atoms with Crippen LogP contribution < -0.4 is 0 Å². The van der Waals surface area contributed by atoms with E-state index >= 15 is 0 Å². The zero-order chi connectivity index (χ0) is 18.8. The molecule has 1 unspecified atom stereocenters. The fourth-order valence-corrected chi connectivity index (χ4v) is 4.55. The summed E-state index contributed by atoms with van der Waals surface area (Å²) in [6.45, 7) is 2.10. The second-order valence-electron chi connectivity index (χ2n) is 6.35. The molecule has 0 bridgehead atoms. The number of fused-ring (bicyclic) bond motifs is 1. The molecule has 26 heavy (non-hydrogen) atoms. The number of benzene rings is 1. The van der Waals surface area contributed by atoms with Gasteiger partial charge in [-0.1, -0.05) is 37.1 Å². The summed E-state index contributed by atoms with van der Waals surface area (Å²) < 4.78 is 1.46. The first-order valence-corrected chi connectivity index (χ1v) is 9.86. The molecule has 2 heterocycles. The standard InChI is InChI=1S/C19H21ClN3O2S/c1-4-6-13-10-21-17-15(18(24)23(3)19(25)22(17)2)16(13)26-11-12-7-5-8-14(20)9-12/h5,7-10,15H,4,6,11H2,1-3H3/q+1. The van der Waals surface area contributed by atoms with Gasteiger partial charge in [-0.3, -0.25) is 4.79 Å². The largest absolute Gasteiger partial charge is 0.445 e. The van der Waals surface area contributed by atoms with Crippen LogP contribution in [0, 0.1) is 5.92 Å². The number of amidine groups is 1. The predicted octanol–water partition coefficient (Wildman–Crippen LogP) is 3.96. The van der Waals surface area contributed by atoms with Gasteiger partial charge in [-0.2, -0.15) is 9.48 Å². The van der Waals surface area contributed by atoms with E-state index in [9.17, 15) is 9.59 Å². The molecule has 1 aromatic carbocycles. The average Bonchev–Trinajstić information content (AvgIpc) is 2.63. The van der Waals surface area contributed by atoms with E-state index in [4.69, 9.17) is 11.6 Å². The Morgan fingerprint density at radius 3 is 2.81 bits per heavy atom. The number of urea groups is 1. The lowest BCUT2D eigenvalue weighted by molar-refractivity contribution is -0.407. The lowest BCUT2D eigenvalue weighted by atomic mass is 9.96. The third kappa shape index (κ3) is 3.48. The van der Waals surface area contributed by atoms with E-state index in [1.165, 1.54) is 16.5 Å². The average molecular weight is 391 g/mol. The van der Waals surface area contributed by atoms with Gasteiger partial charge in [0.05, 0.1) is 14.1 Å². The number of dihydropyridines is 1. The van der Waals surface area contributed by atoms with E-state index in [0.717, 1.165) is 28.9 Å². The summed E-state index contributed by atoms with van der Waals surface area (Å²) in [4.78, 5) is 31.7. The number of imide groups is 1. The van der Waals surface area contributed by atoms with Gasteiger partial charge in [0.1, 0.15) is 6.21 Å². The van der Waals surface area contributed by atoms with Crippen molar-refractivity contribution in [3.05, 3.63) is 45.3 Å². The fraction of sp³-hybridized carbons (Fsp3) is 0.368. The van der Waals surface area contributed by atoms with Gasteiger partial charge in [-0.15, -0.1) is 16.8 Å². The normalized spacial score (nSPS) is 20.2. The SMILES string of the molecule is CCCC1=C(SCc2cccc(Cl)c2)C2C(=O)N(C)C(=O)[N+](C)=C2N=C1. The molecule has 0 aliphatic carbocycles. The molecule has 0 fully saturated rings. The number of hydrogen-bond acceptors (Lipinski definition) is 4. The van der Waals surface area contributed by atoms with Crippen molar-refractivity contribution >= 4 is 47.4 Å². The molecule has 3 amide bonds. The first-order valence-electron chi connectivity index (χ1n) is 8.50. The van der Waals surface area contributed by atoms with Crippen LogP contribution in [0.3, 0.4) is 0 Å². The first kappa shape index (κ1) is 18.9. The second kappa shape index (κ2) is 7.76. The monoisotopic (exact) mass is 390 g/mol. The highest BCUT2D eigenvalue weighted by Gasteiger charge is 2.48. The Balaban J connectivity index is 1.98. The van der Waals surface area contributed by atoms with Crippen LogP contribution in [0.5, 0.6) is 0 Å². The Labute approximate surface area is 162 Å². The highest BCUT2D eigenvalue weighted by atomic mass is 35.5. The molecule has 1 aromatic rings. The predicted molar refractivity (Wildman–Crippen MR) is 106 cm³/mol. The van der Waals surface area contributed by atoms with Gasteiger partial charge in [-0.05, 0) is 29.7 Å². The molecule has 2 aliphatic heterocycles. The Bertz CT molecular complexity index is 860. The first-order chi connectivity index (χ1) is 12.4.